The van der Waals surface area contributed by atoms with Crippen LogP contribution in [0.25, 0.3) is 0 Å². The van der Waals surface area contributed by atoms with E-state index in [-0.39, 0.29) is 59.3 Å². The molecule has 0 heterocycles. The number of aliphatic hydroxyl groups is 3. The van der Waals surface area contributed by atoms with Gasteiger partial charge in [0.05, 0.1) is 31.4 Å². The Bertz CT molecular complexity index is 1540. The Morgan fingerprint density at radius 3 is 1.76 bits per heavy atom. The lowest BCUT2D eigenvalue weighted by atomic mass is 9.96. The number of hydrogen-bond donors (Lipinski definition) is 7. The van der Waals surface area contributed by atoms with E-state index in [4.69, 9.17) is 35.3 Å². The zero-order valence-corrected chi connectivity index (χ0v) is 25.6. The van der Waals surface area contributed by atoms with Crippen molar-refractivity contribution in [2.45, 2.75) is 38.5 Å². The number of phenols is 4. The van der Waals surface area contributed by atoms with Crippen LogP contribution in [0.15, 0.2) is 30.3 Å². The number of hydrogen-bond acceptors (Lipinski definition) is 13. The van der Waals surface area contributed by atoms with Gasteiger partial charge in [-0.3, -0.25) is 9.59 Å². The van der Waals surface area contributed by atoms with E-state index in [1.54, 1.807) is 18.2 Å². The molecule has 0 aromatic heterocycles. The summed E-state index contributed by atoms with van der Waals surface area (Å²) in [5.74, 6) is -0.566. The zero-order chi connectivity index (χ0) is 34.6. The minimum absolute atomic E-state index is 0.0416. The first kappa shape index (κ1) is 38.7. The number of carbonyl (C=O) groups excluding carboxylic acids is 2. The highest BCUT2D eigenvalue weighted by molar-refractivity contribution is 5.90. The SMILES string of the molecule is COc1cc(C=O)c(CCCO)c(C=O)c1O.COc1ccc(CCCO)cc1O.N#Cc1cc(O)c(O)c(C#N)c1CCCO. The highest BCUT2D eigenvalue weighted by Crippen LogP contribution is 2.35. The number of aldehydes is 2. The summed E-state index contributed by atoms with van der Waals surface area (Å²) in [7, 11) is 2.86. The average Bonchev–Trinajstić information content (AvgIpc) is 3.07. The first-order valence-electron chi connectivity index (χ1n) is 14.0. The van der Waals surface area contributed by atoms with Gasteiger partial charge in [-0.05, 0) is 73.4 Å². The van der Waals surface area contributed by atoms with Crippen LogP contribution in [-0.2, 0) is 19.3 Å². The number of nitriles is 2. The van der Waals surface area contributed by atoms with Gasteiger partial charge in [0.1, 0.15) is 17.9 Å². The van der Waals surface area contributed by atoms with Gasteiger partial charge in [-0.2, -0.15) is 10.5 Å². The molecule has 0 unspecified atom stereocenters. The van der Waals surface area contributed by atoms with Gasteiger partial charge >= 0.3 is 0 Å². The molecule has 0 amide bonds. The number of phenolic OH excluding ortho intramolecular Hbond substituents is 4. The van der Waals surface area contributed by atoms with Gasteiger partial charge < -0.3 is 45.2 Å². The highest BCUT2D eigenvalue weighted by Gasteiger charge is 2.18. The predicted molar refractivity (Wildman–Crippen MR) is 166 cm³/mol. The number of aliphatic hydroxyl groups excluding tert-OH is 3. The van der Waals surface area contributed by atoms with Crippen LogP contribution in [0, 0.1) is 22.7 Å². The minimum atomic E-state index is -0.519. The molecule has 246 valence electrons. The molecule has 0 spiro atoms. The van der Waals surface area contributed by atoms with E-state index in [1.165, 1.54) is 20.3 Å². The molecule has 13 nitrogen and oxygen atoms in total. The number of benzene rings is 3. The third kappa shape index (κ3) is 10.7. The topological polar surface area (TPSA) is 242 Å². The van der Waals surface area contributed by atoms with Gasteiger partial charge in [-0.1, -0.05) is 6.07 Å². The number of ether oxygens (including phenoxy) is 2. The monoisotopic (exact) mass is 638 g/mol. The Balaban J connectivity index is 0.000000348. The number of methoxy groups -OCH3 is 2. The lowest BCUT2D eigenvalue weighted by Crippen LogP contribution is -2.03. The lowest BCUT2D eigenvalue weighted by Gasteiger charge is -2.12. The molecule has 0 aliphatic rings. The Hall–Kier alpha value is -5.34. The zero-order valence-electron chi connectivity index (χ0n) is 25.6. The number of rotatable bonds is 13. The molecule has 0 atom stereocenters. The summed E-state index contributed by atoms with van der Waals surface area (Å²) in [6, 6.07) is 11.3. The van der Waals surface area contributed by atoms with Crippen molar-refractivity contribution in [2.75, 3.05) is 34.0 Å². The van der Waals surface area contributed by atoms with Crippen molar-refractivity contribution in [2.24, 2.45) is 0 Å². The predicted octanol–water partition coefficient (Wildman–Crippen LogP) is 3.04. The molecule has 3 rings (SSSR count). The standard InChI is InChI=1S/C12H14O5.C11H10N2O3.C10H14O3/c1-17-11-5-8(6-14)9(3-2-4-13)10(7-15)12(11)16;12-5-7-4-10(15)11(16)9(6-13)8(7)2-1-3-14;1-13-10-5-4-8(3-2-6-11)7-9(10)12/h5-7,13,16H,2-4H2,1H3;4,14-16H,1-3H2;4-5,7,11-12H,2-3,6H2,1H3. The summed E-state index contributed by atoms with van der Waals surface area (Å²) in [6.07, 6.45) is 4.01. The molecule has 0 saturated carbocycles. The van der Waals surface area contributed by atoms with Gasteiger partial charge in [0.2, 0.25) is 0 Å². The summed E-state index contributed by atoms with van der Waals surface area (Å²) in [5, 5.41) is 81.7. The fourth-order valence-corrected chi connectivity index (χ4v) is 4.26. The van der Waals surface area contributed by atoms with E-state index in [9.17, 15) is 30.0 Å². The third-order valence-corrected chi connectivity index (χ3v) is 6.57. The van der Waals surface area contributed by atoms with Gasteiger partial charge in [0, 0.05) is 31.5 Å². The van der Waals surface area contributed by atoms with Crippen molar-refractivity contribution in [1.82, 2.24) is 0 Å². The first-order valence-corrected chi connectivity index (χ1v) is 14.0. The maximum absolute atomic E-state index is 11.0. The summed E-state index contributed by atoms with van der Waals surface area (Å²) in [5.41, 5.74) is 2.16. The van der Waals surface area contributed by atoms with Crippen molar-refractivity contribution in [3.63, 3.8) is 0 Å². The van der Waals surface area contributed by atoms with Crippen molar-refractivity contribution in [3.8, 4) is 46.6 Å². The second-order valence-electron chi connectivity index (χ2n) is 9.50. The third-order valence-electron chi connectivity index (χ3n) is 6.57. The molecule has 0 aliphatic heterocycles. The summed E-state index contributed by atoms with van der Waals surface area (Å²) < 4.78 is 9.78. The van der Waals surface area contributed by atoms with E-state index in [0.29, 0.717) is 61.6 Å². The Morgan fingerprint density at radius 1 is 0.696 bits per heavy atom. The lowest BCUT2D eigenvalue weighted by molar-refractivity contribution is 0.111. The van der Waals surface area contributed by atoms with Crippen molar-refractivity contribution < 1.29 is 54.8 Å². The van der Waals surface area contributed by atoms with Crippen LogP contribution < -0.4 is 9.47 Å². The number of nitrogens with zero attached hydrogens (tertiary/aromatic N) is 2. The van der Waals surface area contributed by atoms with E-state index in [2.05, 4.69) is 0 Å². The van der Waals surface area contributed by atoms with Gasteiger partial charge in [0.25, 0.3) is 0 Å². The molecule has 0 saturated heterocycles. The Morgan fingerprint density at radius 2 is 1.28 bits per heavy atom. The van der Waals surface area contributed by atoms with Gasteiger partial charge in [-0.25, -0.2) is 0 Å². The fourth-order valence-electron chi connectivity index (χ4n) is 4.26. The van der Waals surface area contributed by atoms with E-state index >= 15 is 0 Å². The smallest absolute Gasteiger partial charge is 0.175 e. The molecule has 3 aromatic rings. The van der Waals surface area contributed by atoms with Crippen LogP contribution in [0.2, 0.25) is 0 Å². The van der Waals surface area contributed by atoms with Crippen LogP contribution in [-0.4, -0.2) is 82.4 Å². The minimum Gasteiger partial charge on any atom is -0.504 e. The first-order chi connectivity index (χ1) is 22.1. The maximum Gasteiger partial charge on any atom is 0.175 e. The summed E-state index contributed by atoms with van der Waals surface area (Å²) in [6.45, 7) is 0.0492. The maximum atomic E-state index is 11.0. The van der Waals surface area contributed by atoms with Crippen LogP contribution in [0.1, 0.15) is 67.8 Å². The van der Waals surface area contributed by atoms with Crippen molar-refractivity contribution in [1.29, 1.82) is 10.5 Å². The summed E-state index contributed by atoms with van der Waals surface area (Å²) >= 11 is 0. The Labute approximate surface area is 266 Å². The number of carbonyl (C=O) groups is 2. The normalized spacial score (nSPS) is 9.80. The highest BCUT2D eigenvalue weighted by atomic mass is 16.5. The average molecular weight is 639 g/mol. The van der Waals surface area contributed by atoms with Crippen LogP contribution in [0.4, 0.5) is 0 Å². The molecule has 3 aromatic carbocycles. The molecule has 13 heteroatoms. The van der Waals surface area contributed by atoms with E-state index in [1.807, 2.05) is 12.1 Å². The van der Waals surface area contributed by atoms with E-state index < -0.39 is 11.5 Å². The van der Waals surface area contributed by atoms with Gasteiger partial charge in [-0.15, -0.1) is 0 Å². The molecule has 0 fully saturated rings. The van der Waals surface area contributed by atoms with Gasteiger partial charge in [0.15, 0.2) is 40.8 Å². The summed E-state index contributed by atoms with van der Waals surface area (Å²) in [4.78, 5) is 21.9. The van der Waals surface area contributed by atoms with Crippen LogP contribution >= 0.6 is 0 Å². The number of aromatic hydroxyl groups is 4. The van der Waals surface area contributed by atoms with Crippen LogP contribution in [0.5, 0.6) is 34.5 Å². The Kier molecular flexibility index (Phi) is 17.3. The second kappa shape index (κ2) is 20.6. The van der Waals surface area contributed by atoms with Crippen molar-refractivity contribution >= 4 is 12.6 Å². The molecular weight excluding hydrogens is 600 g/mol. The quantitative estimate of drug-likeness (QED) is 0.105. The molecule has 0 bridgehead atoms. The molecular formula is C33H38N2O11. The van der Waals surface area contributed by atoms with E-state index in [0.717, 1.165) is 18.1 Å². The molecule has 46 heavy (non-hydrogen) atoms. The van der Waals surface area contributed by atoms with Crippen molar-refractivity contribution in [3.05, 3.63) is 69.3 Å². The fraction of sp³-hybridized carbons (Fsp3) is 0.333. The molecule has 0 radical (unpaired) electrons. The van der Waals surface area contributed by atoms with Crippen LogP contribution in [0.3, 0.4) is 0 Å². The number of aryl methyl sites for hydroxylation is 1. The second-order valence-corrected chi connectivity index (χ2v) is 9.50. The largest absolute Gasteiger partial charge is 0.504 e. The molecule has 0 aliphatic carbocycles. The molecule has 7 N–H and O–H groups in total.